The van der Waals surface area contributed by atoms with E-state index in [4.69, 9.17) is 40.5 Å². The van der Waals surface area contributed by atoms with Gasteiger partial charge in [0.05, 0.1) is 16.4 Å². The molecule has 2 amide bonds. The molecule has 3 aromatic carbocycles. The van der Waals surface area contributed by atoms with Crippen LogP contribution in [0, 0.1) is 11.7 Å². The SMILES string of the molecule is NC(=O)C1(c2ccc(F)cc2)CCN(C(=O)C2C=C(c3ccc(Cl)cc3Cl)N(c3ccc(Cl)cc3)C2CCCO)CC1. The van der Waals surface area contributed by atoms with Crippen molar-refractivity contribution in [3.63, 3.8) is 0 Å². The molecule has 2 heterocycles. The fourth-order valence-electron chi connectivity index (χ4n) is 6.16. The number of amides is 2. The largest absolute Gasteiger partial charge is 0.396 e. The van der Waals surface area contributed by atoms with Crippen LogP contribution in [0.1, 0.15) is 36.8 Å². The van der Waals surface area contributed by atoms with Gasteiger partial charge in [-0.05, 0) is 91.9 Å². The van der Waals surface area contributed by atoms with Crippen LogP contribution in [0.25, 0.3) is 5.70 Å². The Morgan fingerprint density at radius 3 is 2.19 bits per heavy atom. The fraction of sp³-hybridized carbons (Fsp3) is 0.312. The maximum Gasteiger partial charge on any atom is 0.231 e. The summed E-state index contributed by atoms with van der Waals surface area (Å²) in [7, 11) is 0. The molecular weight excluding hydrogens is 600 g/mol. The molecule has 10 heteroatoms. The maximum absolute atomic E-state index is 14.2. The van der Waals surface area contributed by atoms with Gasteiger partial charge in [-0.1, -0.05) is 46.9 Å². The first-order valence-corrected chi connectivity index (χ1v) is 15.0. The lowest BCUT2D eigenvalue weighted by molar-refractivity contribution is -0.138. The molecule has 42 heavy (non-hydrogen) atoms. The molecule has 2 unspecified atom stereocenters. The van der Waals surface area contributed by atoms with Gasteiger partial charge in [-0.25, -0.2) is 4.39 Å². The Morgan fingerprint density at radius 1 is 0.952 bits per heavy atom. The molecule has 2 aliphatic rings. The number of likely N-dealkylation sites (tertiary alicyclic amines) is 1. The van der Waals surface area contributed by atoms with Crippen molar-refractivity contribution in [2.75, 3.05) is 24.6 Å². The molecule has 3 aromatic rings. The third-order valence-electron chi connectivity index (χ3n) is 8.40. The summed E-state index contributed by atoms with van der Waals surface area (Å²) in [6.45, 7) is 0.605. The number of benzene rings is 3. The Labute approximate surface area is 259 Å². The first-order chi connectivity index (χ1) is 20.1. The monoisotopic (exact) mass is 629 g/mol. The average Bonchev–Trinajstić information content (AvgIpc) is 3.35. The van der Waals surface area contributed by atoms with Gasteiger partial charge in [0, 0.05) is 52.7 Å². The molecule has 0 aliphatic carbocycles. The van der Waals surface area contributed by atoms with Gasteiger partial charge in [-0.2, -0.15) is 0 Å². The number of anilines is 1. The van der Waals surface area contributed by atoms with Gasteiger partial charge in [0.2, 0.25) is 11.8 Å². The number of nitrogens with zero attached hydrogens (tertiary/aromatic N) is 2. The number of hydrogen-bond acceptors (Lipinski definition) is 4. The summed E-state index contributed by atoms with van der Waals surface area (Å²) in [5, 5.41) is 11.3. The number of carbonyl (C=O) groups excluding carboxylic acids is 2. The highest BCUT2D eigenvalue weighted by Crippen LogP contribution is 2.44. The molecule has 1 saturated heterocycles. The summed E-state index contributed by atoms with van der Waals surface area (Å²) in [5.41, 5.74) is 7.87. The van der Waals surface area contributed by atoms with Crippen molar-refractivity contribution in [3.8, 4) is 0 Å². The van der Waals surface area contributed by atoms with E-state index in [1.54, 1.807) is 41.3 Å². The molecule has 0 radical (unpaired) electrons. The minimum absolute atomic E-state index is 0.0224. The zero-order valence-electron chi connectivity index (χ0n) is 22.8. The van der Waals surface area contributed by atoms with E-state index in [1.807, 2.05) is 24.3 Å². The van der Waals surface area contributed by atoms with Crippen LogP contribution in [0.15, 0.2) is 72.8 Å². The highest BCUT2D eigenvalue weighted by Gasteiger charge is 2.46. The van der Waals surface area contributed by atoms with Gasteiger partial charge in [-0.3, -0.25) is 9.59 Å². The molecule has 5 rings (SSSR count). The second kappa shape index (κ2) is 12.6. The third kappa shape index (κ3) is 5.88. The molecule has 2 atom stereocenters. The fourth-order valence-corrected chi connectivity index (χ4v) is 6.79. The van der Waals surface area contributed by atoms with E-state index in [0.29, 0.717) is 59.4 Å². The summed E-state index contributed by atoms with van der Waals surface area (Å²) in [4.78, 5) is 30.8. The van der Waals surface area contributed by atoms with Crippen LogP contribution in [-0.2, 0) is 15.0 Å². The number of rotatable bonds is 8. The number of aliphatic hydroxyl groups excluding tert-OH is 1. The zero-order valence-corrected chi connectivity index (χ0v) is 25.0. The lowest BCUT2D eigenvalue weighted by Gasteiger charge is -2.41. The van der Waals surface area contributed by atoms with Crippen molar-refractivity contribution < 1.29 is 19.1 Å². The number of primary amides is 1. The minimum Gasteiger partial charge on any atom is -0.396 e. The van der Waals surface area contributed by atoms with E-state index >= 15 is 0 Å². The maximum atomic E-state index is 14.2. The van der Waals surface area contributed by atoms with Gasteiger partial charge in [0.25, 0.3) is 0 Å². The Morgan fingerprint density at radius 2 is 1.60 bits per heavy atom. The standard InChI is InChI=1S/C32H31Cl3FN3O3/c33-21-5-10-24(11-6-21)39-28(2-1-17-40)26(19-29(39)25-12-7-22(34)18-27(25)35)30(41)38-15-13-32(14-16-38,31(37)42)20-3-8-23(36)9-4-20/h3-12,18-19,26,28,40H,1-2,13-17H2,(H2,37,42). The molecule has 0 bridgehead atoms. The number of aliphatic hydroxyl groups is 1. The lowest BCUT2D eigenvalue weighted by Crippen LogP contribution is -2.53. The summed E-state index contributed by atoms with van der Waals surface area (Å²) >= 11 is 19.1. The first kappa shape index (κ1) is 30.4. The van der Waals surface area contributed by atoms with E-state index in [0.717, 1.165) is 16.9 Å². The van der Waals surface area contributed by atoms with Crippen molar-refractivity contribution in [1.29, 1.82) is 0 Å². The van der Waals surface area contributed by atoms with Crippen molar-refractivity contribution in [3.05, 3.63) is 105 Å². The second-order valence-electron chi connectivity index (χ2n) is 10.8. The van der Waals surface area contributed by atoms with Gasteiger partial charge in [-0.15, -0.1) is 0 Å². The van der Waals surface area contributed by atoms with Crippen LogP contribution < -0.4 is 10.6 Å². The van der Waals surface area contributed by atoms with Gasteiger partial charge < -0.3 is 20.6 Å². The smallest absolute Gasteiger partial charge is 0.231 e. The van der Waals surface area contributed by atoms with E-state index in [2.05, 4.69) is 4.90 Å². The van der Waals surface area contributed by atoms with Gasteiger partial charge in [0.1, 0.15) is 5.82 Å². The normalized spacial score (nSPS) is 20.0. The van der Waals surface area contributed by atoms with Crippen LogP contribution in [0.2, 0.25) is 15.1 Å². The van der Waals surface area contributed by atoms with Gasteiger partial charge >= 0.3 is 0 Å². The molecule has 0 saturated carbocycles. The van der Waals surface area contributed by atoms with Crippen molar-refractivity contribution in [2.24, 2.45) is 11.7 Å². The number of halogens is 4. The van der Waals surface area contributed by atoms with Crippen molar-refractivity contribution in [1.82, 2.24) is 4.90 Å². The quantitative estimate of drug-likeness (QED) is 0.300. The third-order valence-corrected chi connectivity index (χ3v) is 9.20. The molecule has 2 aliphatic heterocycles. The van der Waals surface area contributed by atoms with Crippen molar-refractivity contribution >= 4 is 58.0 Å². The topological polar surface area (TPSA) is 86.9 Å². The van der Waals surface area contributed by atoms with E-state index in [-0.39, 0.29) is 18.6 Å². The molecule has 1 fully saturated rings. The molecule has 220 valence electrons. The second-order valence-corrected chi connectivity index (χ2v) is 12.0. The number of carbonyl (C=O) groups is 2. The molecule has 6 nitrogen and oxygen atoms in total. The Bertz CT molecular complexity index is 1490. The number of nitrogens with two attached hydrogens (primary N) is 1. The Balaban J connectivity index is 1.49. The van der Waals surface area contributed by atoms with Crippen LogP contribution >= 0.6 is 34.8 Å². The van der Waals surface area contributed by atoms with Crippen LogP contribution in [0.3, 0.4) is 0 Å². The minimum atomic E-state index is -0.983. The first-order valence-electron chi connectivity index (χ1n) is 13.8. The highest BCUT2D eigenvalue weighted by atomic mass is 35.5. The van der Waals surface area contributed by atoms with E-state index < -0.39 is 23.1 Å². The summed E-state index contributed by atoms with van der Waals surface area (Å²) in [6, 6.07) is 18.1. The van der Waals surface area contributed by atoms with Gasteiger partial charge in [0.15, 0.2) is 0 Å². The summed E-state index contributed by atoms with van der Waals surface area (Å²) in [5.74, 6) is -1.53. The highest BCUT2D eigenvalue weighted by molar-refractivity contribution is 6.36. The summed E-state index contributed by atoms with van der Waals surface area (Å²) in [6.07, 6.45) is 3.62. The Kier molecular flexibility index (Phi) is 9.14. The van der Waals surface area contributed by atoms with Crippen LogP contribution in [0.4, 0.5) is 10.1 Å². The van der Waals surface area contributed by atoms with E-state index in [1.165, 1.54) is 12.1 Å². The molecule has 0 aromatic heterocycles. The number of piperidine rings is 1. The molecule has 0 spiro atoms. The Hall–Kier alpha value is -3.10. The average molecular weight is 631 g/mol. The van der Waals surface area contributed by atoms with E-state index in [9.17, 15) is 19.1 Å². The van der Waals surface area contributed by atoms with Crippen LogP contribution in [0.5, 0.6) is 0 Å². The van der Waals surface area contributed by atoms with Crippen LogP contribution in [-0.4, -0.2) is 47.6 Å². The lowest BCUT2D eigenvalue weighted by atomic mass is 9.72. The molecule has 3 N–H and O–H groups in total. The summed E-state index contributed by atoms with van der Waals surface area (Å²) < 4.78 is 13.6. The predicted octanol–water partition coefficient (Wildman–Crippen LogP) is 6.45. The van der Waals surface area contributed by atoms with Crippen molar-refractivity contribution in [2.45, 2.75) is 37.1 Å². The predicted molar refractivity (Wildman–Crippen MR) is 165 cm³/mol. The molecular formula is C32H31Cl3FN3O3. The number of hydrogen-bond donors (Lipinski definition) is 2. The zero-order chi connectivity index (χ0) is 30.0.